The quantitative estimate of drug-likeness (QED) is 0.456. The molecule has 0 aromatic heterocycles. The van der Waals surface area contributed by atoms with Crippen LogP contribution in [0.1, 0.15) is 20.8 Å². The van der Waals surface area contributed by atoms with Crippen molar-refractivity contribution in [3.63, 3.8) is 0 Å². The molecule has 0 N–H and O–H groups in total. The maximum atomic E-state index is 4.17. The van der Waals surface area contributed by atoms with Crippen molar-refractivity contribution in [3.05, 3.63) is 48.7 Å². The van der Waals surface area contributed by atoms with Crippen molar-refractivity contribution in [2.24, 2.45) is 4.99 Å². The Morgan fingerprint density at radius 2 is 1.77 bits per heavy atom. The first-order valence-corrected chi connectivity index (χ1v) is 4.25. The summed E-state index contributed by atoms with van der Waals surface area (Å²) in [6.07, 6.45) is 7.08. The summed E-state index contributed by atoms with van der Waals surface area (Å²) in [6, 6.07) is 0. The van der Waals surface area contributed by atoms with Gasteiger partial charge in [-0.1, -0.05) is 30.9 Å². The minimum atomic E-state index is 0.940. The maximum absolute atomic E-state index is 4.17. The van der Waals surface area contributed by atoms with Crippen LogP contribution in [-0.4, -0.2) is 5.71 Å². The zero-order valence-corrected chi connectivity index (χ0v) is 8.67. The van der Waals surface area contributed by atoms with E-state index in [0.717, 1.165) is 5.71 Å². The Morgan fingerprint density at radius 1 is 1.15 bits per heavy atom. The summed E-state index contributed by atoms with van der Waals surface area (Å²) in [5, 5.41) is 0. The zero-order chi connectivity index (χ0) is 10.3. The van der Waals surface area contributed by atoms with E-state index in [1.807, 2.05) is 19.1 Å². The smallest absolute Gasteiger partial charge is 0.0657 e. The van der Waals surface area contributed by atoms with Crippen LogP contribution < -0.4 is 0 Å². The van der Waals surface area contributed by atoms with Gasteiger partial charge in [-0.15, -0.1) is 0 Å². The molecule has 0 aromatic carbocycles. The molecule has 13 heavy (non-hydrogen) atoms. The third-order valence-corrected chi connectivity index (χ3v) is 1.75. The van der Waals surface area contributed by atoms with Crippen molar-refractivity contribution in [1.82, 2.24) is 0 Å². The Kier molecular flexibility index (Phi) is 5.53. The third kappa shape index (κ3) is 4.26. The second-order valence-corrected chi connectivity index (χ2v) is 2.92. The van der Waals surface area contributed by atoms with Gasteiger partial charge in [-0.3, -0.25) is 4.99 Å². The van der Waals surface area contributed by atoms with Gasteiger partial charge in [0.05, 0.1) is 5.71 Å². The van der Waals surface area contributed by atoms with E-state index in [4.69, 9.17) is 0 Å². The van der Waals surface area contributed by atoms with Gasteiger partial charge in [-0.25, -0.2) is 0 Å². The third-order valence-electron chi connectivity index (χ3n) is 1.75. The molecule has 0 bridgehead atoms. The van der Waals surface area contributed by atoms with Crippen molar-refractivity contribution < 1.29 is 0 Å². The lowest BCUT2D eigenvalue weighted by Gasteiger charge is -2.02. The van der Waals surface area contributed by atoms with E-state index in [1.165, 1.54) is 11.1 Å². The van der Waals surface area contributed by atoms with Gasteiger partial charge in [-0.05, 0) is 32.4 Å². The molecule has 1 nitrogen and oxygen atoms in total. The van der Waals surface area contributed by atoms with Gasteiger partial charge in [0.1, 0.15) is 0 Å². The molecule has 0 unspecified atom stereocenters. The van der Waals surface area contributed by atoms with E-state index in [9.17, 15) is 0 Å². The first-order chi connectivity index (χ1) is 6.13. The first-order valence-electron chi connectivity index (χ1n) is 4.25. The van der Waals surface area contributed by atoms with Crippen LogP contribution in [0.3, 0.4) is 0 Å². The molecule has 0 spiro atoms. The Hall–Kier alpha value is -1.37. The molecule has 70 valence electrons. The highest BCUT2D eigenvalue weighted by atomic mass is 14.7. The average molecular weight is 175 g/mol. The summed E-state index contributed by atoms with van der Waals surface area (Å²) >= 11 is 0. The van der Waals surface area contributed by atoms with Gasteiger partial charge in [-0.2, -0.15) is 0 Å². The van der Waals surface area contributed by atoms with Crippen LogP contribution in [0, 0.1) is 0 Å². The zero-order valence-electron chi connectivity index (χ0n) is 8.67. The molecule has 0 rings (SSSR count). The fraction of sp³-hybridized carbons (Fsp3) is 0.250. The van der Waals surface area contributed by atoms with E-state index >= 15 is 0 Å². The molecular weight excluding hydrogens is 158 g/mol. The summed E-state index contributed by atoms with van der Waals surface area (Å²) < 4.78 is 0. The van der Waals surface area contributed by atoms with E-state index in [-0.39, 0.29) is 0 Å². The molecule has 0 aliphatic rings. The van der Waals surface area contributed by atoms with E-state index in [1.54, 1.807) is 12.3 Å². The second-order valence-electron chi connectivity index (χ2n) is 2.92. The van der Waals surface area contributed by atoms with Crippen molar-refractivity contribution >= 4 is 5.71 Å². The van der Waals surface area contributed by atoms with E-state index in [2.05, 4.69) is 32.0 Å². The summed E-state index contributed by atoms with van der Waals surface area (Å²) in [7, 11) is 0. The highest BCUT2D eigenvalue weighted by Gasteiger charge is 1.97. The highest BCUT2D eigenvalue weighted by Crippen LogP contribution is 2.06. The number of aliphatic imine (C=N–C) groups is 1. The normalized spacial score (nSPS) is 11.5. The van der Waals surface area contributed by atoms with Crippen LogP contribution in [0.4, 0.5) is 0 Å². The lowest BCUT2D eigenvalue weighted by Crippen LogP contribution is -1.96. The molecule has 0 aliphatic carbocycles. The van der Waals surface area contributed by atoms with Crippen molar-refractivity contribution in [1.29, 1.82) is 0 Å². The molecule has 0 radical (unpaired) electrons. The van der Waals surface area contributed by atoms with Crippen LogP contribution in [0.2, 0.25) is 0 Å². The molecule has 0 aliphatic heterocycles. The summed E-state index contributed by atoms with van der Waals surface area (Å²) in [6.45, 7) is 13.4. The van der Waals surface area contributed by atoms with Crippen LogP contribution >= 0.6 is 0 Å². The Morgan fingerprint density at radius 3 is 2.15 bits per heavy atom. The number of hydrogen-bond donors (Lipinski definition) is 0. The Labute approximate surface area is 80.9 Å². The topological polar surface area (TPSA) is 12.4 Å². The molecular formula is C12H17N. The van der Waals surface area contributed by atoms with Crippen molar-refractivity contribution in [2.75, 3.05) is 0 Å². The maximum Gasteiger partial charge on any atom is 0.0657 e. The van der Waals surface area contributed by atoms with Gasteiger partial charge >= 0.3 is 0 Å². The van der Waals surface area contributed by atoms with Crippen molar-refractivity contribution in [3.8, 4) is 0 Å². The fourth-order valence-corrected chi connectivity index (χ4v) is 0.779. The molecule has 0 aromatic rings. The first kappa shape index (κ1) is 11.6. The predicted octanol–water partition coefficient (Wildman–Crippen LogP) is 3.67. The monoisotopic (exact) mass is 175 g/mol. The number of rotatable bonds is 4. The summed E-state index contributed by atoms with van der Waals surface area (Å²) in [5.74, 6) is 0. The van der Waals surface area contributed by atoms with Crippen LogP contribution in [0.15, 0.2) is 53.7 Å². The van der Waals surface area contributed by atoms with E-state index in [0.29, 0.717) is 0 Å². The highest BCUT2D eigenvalue weighted by molar-refractivity contribution is 6.08. The fourth-order valence-electron chi connectivity index (χ4n) is 0.779. The Balaban J connectivity index is 4.94. The number of nitrogens with zero attached hydrogens (tertiary/aromatic N) is 1. The summed E-state index contributed by atoms with van der Waals surface area (Å²) in [4.78, 5) is 4.17. The molecule has 0 saturated heterocycles. The molecule has 0 atom stereocenters. The molecule has 0 heterocycles. The molecule has 1 heteroatoms. The predicted molar refractivity (Wildman–Crippen MR) is 61.0 cm³/mol. The van der Waals surface area contributed by atoms with Crippen LogP contribution in [-0.2, 0) is 0 Å². The van der Waals surface area contributed by atoms with Gasteiger partial charge in [0.25, 0.3) is 0 Å². The van der Waals surface area contributed by atoms with Crippen LogP contribution in [0.25, 0.3) is 0 Å². The lowest BCUT2D eigenvalue weighted by molar-refractivity contribution is 1.31. The molecule has 0 fully saturated rings. The number of allylic oxidation sites excluding steroid dienone is 5. The average Bonchev–Trinajstić information content (AvgIpc) is 2.11. The number of hydrogen-bond acceptors (Lipinski definition) is 1. The SMILES string of the molecule is C=C/C=C\C(=NC=C)C(C)=C(C)C. The van der Waals surface area contributed by atoms with Crippen LogP contribution in [0.5, 0.6) is 0 Å². The van der Waals surface area contributed by atoms with Crippen molar-refractivity contribution in [2.45, 2.75) is 20.8 Å². The van der Waals surface area contributed by atoms with Gasteiger partial charge in [0, 0.05) is 6.20 Å². The minimum absolute atomic E-state index is 0.940. The van der Waals surface area contributed by atoms with E-state index < -0.39 is 0 Å². The van der Waals surface area contributed by atoms with Gasteiger partial charge in [0.15, 0.2) is 0 Å². The second kappa shape index (κ2) is 6.18. The lowest BCUT2D eigenvalue weighted by atomic mass is 10.1. The largest absolute Gasteiger partial charge is 0.257 e. The molecule has 0 saturated carbocycles. The van der Waals surface area contributed by atoms with Gasteiger partial charge < -0.3 is 0 Å². The van der Waals surface area contributed by atoms with Gasteiger partial charge in [0.2, 0.25) is 0 Å². The minimum Gasteiger partial charge on any atom is -0.257 e. The standard InChI is InChI=1S/C12H17N/c1-6-8-9-12(13-7-2)11(5)10(3)4/h6-9H,1-2H2,3-5H3/b9-8-,13-12?. The Bertz CT molecular complexity index is 273. The molecule has 0 amide bonds. The summed E-state index contributed by atoms with van der Waals surface area (Å²) in [5.41, 5.74) is 3.38.